The van der Waals surface area contributed by atoms with Crippen molar-refractivity contribution in [3.05, 3.63) is 59.7 Å². The lowest BCUT2D eigenvalue weighted by atomic mass is 9.88. The molecule has 164 valence electrons. The molecule has 0 saturated carbocycles. The third-order valence-corrected chi connectivity index (χ3v) is 6.09. The fraction of sp³-hybridized carbons (Fsp3) is 0.440. The van der Waals surface area contributed by atoms with E-state index < -0.39 is 0 Å². The second-order valence-corrected chi connectivity index (χ2v) is 8.10. The summed E-state index contributed by atoms with van der Waals surface area (Å²) in [5.74, 6) is 1.36. The number of nitrogens with zero attached hydrogens (tertiary/aromatic N) is 1. The Hall–Kier alpha value is -2.86. The van der Waals surface area contributed by atoms with E-state index in [-0.39, 0.29) is 23.7 Å². The van der Waals surface area contributed by atoms with E-state index in [1.54, 1.807) is 31.4 Å². The number of ketones is 1. The van der Waals surface area contributed by atoms with Crippen LogP contribution in [0, 0.1) is 5.92 Å². The molecule has 2 fully saturated rings. The molecule has 0 bridgehead atoms. The molecule has 0 N–H and O–H groups in total. The monoisotopic (exact) mass is 423 g/mol. The summed E-state index contributed by atoms with van der Waals surface area (Å²) in [5.41, 5.74) is 1.26. The van der Waals surface area contributed by atoms with Crippen LogP contribution in [-0.4, -0.2) is 56.1 Å². The van der Waals surface area contributed by atoms with Gasteiger partial charge in [0.05, 0.1) is 18.8 Å². The van der Waals surface area contributed by atoms with Crippen LogP contribution in [0.15, 0.2) is 48.5 Å². The van der Waals surface area contributed by atoms with Crippen LogP contribution in [0.5, 0.6) is 11.5 Å². The molecule has 31 heavy (non-hydrogen) atoms. The topological polar surface area (TPSA) is 65.1 Å². The maximum Gasteiger partial charge on any atom is 0.257 e. The summed E-state index contributed by atoms with van der Waals surface area (Å²) in [6.45, 7) is 2.36. The zero-order chi connectivity index (χ0) is 21.6. The number of benzene rings is 2. The molecule has 2 aromatic rings. The summed E-state index contributed by atoms with van der Waals surface area (Å²) < 4.78 is 16.7. The maximum atomic E-state index is 13.1. The molecule has 2 heterocycles. The van der Waals surface area contributed by atoms with Crippen molar-refractivity contribution in [3.8, 4) is 11.5 Å². The van der Waals surface area contributed by atoms with Crippen molar-refractivity contribution in [2.45, 2.75) is 31.8 Å². The van der Waals surface area contributed by atoms with Gasteiger partial charge in [0, 0.05) is 31.2 Å². The van der Waals surface area contributed by atoms with Crippen molar-refractivity contribution in [1.29, 1.82) is 0 Å². The van der Waals surface area contributed by atoms with E-state index in [4.69, 9.17) is 14.2 Å². The molecule has 1 amide bonds. The van der Waals surface area contributed by atoms with Gasteiger partial charge in [0.2, 0.25) is 0 Å². The molecule has 0 aromatic heterocycles. The van der Waals surface area contributed by atoms with E-state index in [2.05, 4.69) is 0 Å². The molecular formula is C25H29NO5. The molecule has 6 heteroatoms. The second kappa shape index (κ2) is 9.96. The first-order valence-corrected chi connectivity index (χ1v) is 11.0. The van der Waals surface area contributed by atoms with Gasteiger partial charge in [-0.25, -0.2) is 0 Å². The summed E-state index contributed by atoms with van der Waals surface area (Å²) >= 11 is 0. The van der Waals surface area contributed by atoms with Gasteiger partial charge in [0.25, 0.3) is 5.91 Å². The standard InChI is InChI=1S/C25H29NO5/c1-29-20-10-8-18(9-11-20)24(27)19-12-14-26(15-13-19)25(28)22-6-2-3-7-23(22)31-17-21-5-4-16-30-21/h2-3,6-11,19,21H,4-5,12-17H2,1H3/t21-/m0/s1. The van der Waals surface area contributed by atoms with Crippen LogP contribution in [0.25, 0.3) is 0 Å². The molecular weight excluding hydrogens is 394 g/mol. The number of hydrogen-bond donors (Lipinski definition) is 0. The van der Waals surface area contributed by atoms with Gasteiger partial charge in [-0.2, -0.15) is 0 Å². The van der Waals surface area contributed by atoms with E-state index in [1.807, 2.05) is 29.2 Å². The molecule has 0 aliphatic carbocycles. The second-order valence-electron chi connectivity index (χ2n) is 8.10. The van der Waals surface area contributed by atoms with Crippen LogP contribution in [0.1, 0.15) is 46.4 Å². The molecule has 6 nitrogen and oxygen atoms in total. The van der Waals surface area contributed by atoms with Gasteiger partial charge < -0.3 is 19.1 Å². The van der Waals surface area contributed by atoms with Gasteiger partial charge in [-0.15, -0.1) is 0 Å². The SMILES string of the molecule is COc1ccc(C(=O)C2CCN(C(=O)c3ccccc3OC[C@@H]3CCCO3)CC2)cc1. The third-order valence-electron chi connectivity index (χ3n) is 6.09. The highest BCUT2D eigenvalue weighted by Crippen LogP contribution is 2.27. The van der Waals surface area contributed by atoms with Crippen molar-refractivity contribution < 1.29 is 23.8 Å². The highest BCUT2D eigenvalue weighted by molar-refractivity contribution is 5.99. The average Bonchev–Trinajstić information content (AvgIpc) is 3.36. The highest BCUT2D eigenvalue weighted by Gasteiger charge is 2.29. The molecule has 0 radical (unpaired) electrons. The molecule has 2 aliphatic heterocycles. The van der Waals surface area contributed by atoms with E-state index in [9.17, 15) is 9.59 Å². The maximum absolute atomic E-state index is 13.1. The molecule has 0 spiro atoms. The smallest absolute Gasteiger partial charge is 0.257 e. The summed E-state index contributed by atoms with van der Waals surface area (Å²) in [5, 5.41) is 0. The Kier molecular flexibility index (Phi) is 6.87. The van der Waals surface area contributed by atoms with Crippen molar-refractivity contribution in [2.24, 2.45) is 5.92 Å². The van der Waals surface area contributed by atoms with E-state index in [0.29, 0.717) is 49.4 Å². The van der Waals surface area contributed by atoms with E-state index in [0.717, 1.165) is 25.2 Å². The number of ether oxygens (including phenoxy) is 3. The van der Waals surface area contributed by atoms with Crippen LogP contribution in [-0.2, 0) is 4.74 Å². The molecule has 2 aliphatic rings. The number of methoxy groups -OCH3 is 1. The lowest BCUT2D eigenvalue weighted by molar-refractivity contribution is 0.0612. The largest absolute Gasteiger partial charge is 0.497 e. The van der Waals surface area contributed by atoms with Crippen molar-refractivity contribution in [1.82, 2.24) is 4.90 Å². The van der Waals surface area contributed by atoms with Gasteiger partial charge in [0.15, 0.2) is 5.78 Å². The molecule has 2 aromatic carbocycles. The number of hydrogen-bond acceptors (Lipinski definition) is 5. The average molecular weight is 424 g/mol. The fourth-order valence-electron chi connectivity index (χ4n) is 4.23. The Morgan fingerprint density at radius 3 is 2.45 bits per heavy atom. The predicted octanol–water partition coefficient (Wildman–Crippen LogP) is 3.99. The predicted molar refractivity (Wildman–Crippen MR) is 117 cm³/mol. The Labute approximate surface area is 183 Å². The normalized spacial score (nSPS) is 19.3. The lowest BCUT2D eigenvalue weighted by Crippen LogP contribution is -2.40. The number of Topliss-reactive ketones (excluding diaryl/α,β-unsaturated/α-hetero) is 1. The van der Waals surface area contributed by atoms with Gasteiger partial charge in [-0.3, -0.25) is 9.59 Å². The number of carbonyl (C=O) groups is 2. The number of para-hydroxylation sites is 1. The minimum Gasteiger partial charge on any atom is -0.497 e. The van der Waals surface area contributed by atoms with E-state index >= 15 is 0 Å². The van der Waals surface area contributed by atoms with Crippen LogP contribution in [0.4, 0.5) is 0 Å². The summed E-state index contributed by atoms with van der Waals surface area (Å²) in [6.07, 6.45) is 3.47. The van der Waals surface area contributed by atoms with Crippen LogP contribution in [0.2, 0.25) is 0 Å². The van der Waals surface area contributed by atoms with E-state index in [1.165, 1.54) is 0 Å². The Morgan fingerprint density at radius 2 is 1.77 bits per heavy atom. The zero-order valence-electron chi connectivity index (χ0n) is 17.9. The lowest BCUT2D eigenvalue weighted by Gasteiger charge is -2.31. The third kappa shape index (κ3) is 5.07. The Balaban J connectivity index is 1.35. The van der Waals surface area contributed by atoms with Crippen LogP contribution >= 0.6 is 0 Å². The minimum atomic E-state index is -0.0662. The summed E-state index contributed by atoms with van der Waals surface area (Å²) in [7, 11) is 1.61. The van der Waals surface area contributed by atoms with Gasteiger partial charge >= 0.3 is 0 Å². The first-order chi connectivity index (χ1) is 15.2. The number of piperidine rings is 1. The first kappa shape index (κ1) is 21.4. The van der Waals surface area contributed by atoms with Crippen LogP contribution in [0.3, 0.4) is 0 Å². The van der Waals surface area contributed by atoms with Gasteiger partial charge in [-0.05, 0) is 62.1 Å². The van der Waals surface area contributed by atoms with Crippen LogP contribution < -0.4 is 9.47 Å². The number of carbonyl (C=O) groups excluding carboxylic acids is 2. The fourth-order valence-corrected chi connectivity index (χ4v) is 4.23. The molecule has 2 saturated heterocycles. The number of likely N-dealkylation sites (tertiary alicyclic amines) is 1. The molecule has 0 unspecified atom stereocenters. The Morgan fingerprint density at radius 1 is 1.03 bits per heavy atom. The van der Waals surface area contributed by atoms with Crippen molar-refractivity contribution >= 4 is 11.7 Å². The summed E-state index contributed by atoms with van der Waals surface area (Å²) in [6, 6.07) is 14.6. The van der Waals surface area contributed by atoms with Gasteiger partial charge in [-0.1, -0.05) is 12.1 Å². The molecule has 4 rings (SSSR count). The zero-order valence-corrected chi connectivity index (χ0v) is 17.9. The quantitative estimate of drug-likeness (QED) is 0.630. The summed E-state index contributed by atoms with van der Waals surface area (Å²) in [4.78, 5) is 27.8. The highest BCUT2D eigenvalue weighted by atomic mass is 16.5. The molecule has 1 atom stereocenters. The van der Waals surface area contributed by atoms with Gasteiger partial charge in [0.1, 0.15) is 18.1 Å². The van der Waals surface area contributed by atoms with Crippen molar-refractivity contribution in [2.75, 3.05) is 33.4 Å². The first-order valence-electron chi connectivity index (χ1n) is 11.0. The Bertz CT molecular complexity index is 896. The number of rotatable bonds is 7. The number of amides is 1. The minimum absolute atomic E-state index is 0.0433. The van der Waals surface area contributed by atoms with Crippen molar-refractivity contribution in [3.63, 3.8) is 0 Å².